The normalized spacial score (nSPS) is 9.82. The van der Waals surface area contributed by atoms with Crippen LogP contribution in [0.15, 0.2) is 127 Å². The van der Waals surface area contributed by atoms with Crippen molar-refractivity contribution >= 4 is 34.8 Å². The predicted octanol–water partition coefficient (Wildman–Crippen LogP) is 6.55. The van der Waals surface area contributed by atoms with Gasteiger partial charge in [0.2, 0.25) is 5.12 Å². The Morgan fingerprint density at radius 3 is 1.69 bits per heavy atom. The average molecular weight is 671 g/mol. The van der Waals surface area contributed by atoms with Crippen LogP contribution in [0.3, 0.4) is 0 Å². The molecule has 0 aliphatic carbocycles. The number of rotatable bonds is 11. The molecule has 0 aliphatic heterocycles. The molecule has 0 amide bonds. The molecule has 0 heterocycles. The molecule has 0 saturated heterocycles. The number of hydrogen-bond acceptors (Lipinski definition) is 9. The number of carbonyl (C=O) groups is 4. The lowest BCUT2D eigenvalue weighted by molar-refractivity contribution is -0.141. The van der Waals surface area contributed by atoms with Crippen LogP contribution in [0.1, 0.15) is 39.0 Å². The van der Waals surface area contributed by atoms with Crippen LogP contribution in [-0.4, -0.2) is 43.3 Å². The Kier molecular flexibility index (Phi) is 13.2. The molecule has 0 spiro atoms. The molecule has 4 rings (SSSR count). The standard InChI is InChI=1S/C40H30O8S/c1-4-37(41)47-26-25-46-34-21-23-36(24-22-34)49-40(44)33-17-13-31(14-18-33)11-9-29-5-7-30(8-6-29)10-12-32-15-19-35(20-16-32)48-39(43)28(2)27-38(42)45-3/h4-8,13-24H,1-2,25-27H2,3H3. The summed E-state index contributed by atoms with van der Waals surface area (Å²) < 4.78 is 20.2. The van der Waals surface area contributed by atoms with Gasteiger partial charge in [-0.25, -0.2) is 9.59 Å². The quantitative estimate of drug-likeness (QED) is 0.0439. The minimum absolute atomic E-state index is 0.0000383. The first kappa shape index (κ1) is 35.6. The predicted molar refractivity (Wildman–Crippen MR) is 186 cm³/mol. The van der Waals surface area contributed by atoms with E-state index >= 15 is 0 Å². The van der Waals surface area contributed by atoms with E-state index in [2.05, 4.69) is 41.6 Å². The maximum atomic E-state index is 12.8. The van der Waals surface area contributed by atoms with Crippen molar-refractivity contribution in [3.05, 3.63) is 150 Å². The van der Waals surface area contributed by atoms with Crippen LogP contribution in [0, 0.1) is 23.7 Å². The smallest absolute Gasteiger partial charge is 0.339 e. The summed E-state index contributed by atoms with van der Waals surface area (Å²) in [6, 6.07) is 28.4. The summed E-state index contributed by atoms with van der Waals surface area (Å²) in [5, 5.41) is -0.0978. The molecule has 0 N–H and O–H groups in total. The zero-order valence-corrected chi connectivity index (χ0v) is 27.3. The highest BCUT2D eigenvalue weighted by atomic mass is 32.2. The van der Waals surface area contributed by atoms with Gasteiger partial charge in [-0.15, -0.1) is 0 Å². The fourth-order valence-electron chi connectivity index (χ4n) is 3.85. The molecule has 9 heteroatoms. The maximum Gasteiger partial charge on any atom is 0.339 e. The highest BCUT2D eigenvalue weighted by Gasteiger charge is 2.14. The first-order chi connectivity index (χ1) is 23.7. The Morgan fingerprint density at radius 1 is 0.694 bits per heavy atom. The molecule has 244 valence electrons. The van der Waals surface area contributed by atoms with Gasteiger partial charge < -0.3 is 18.9 Å². The monoisotopic (exact) mass is 670 g/mol. The van der Waals surface area contributed by atoms with Gasteiger partial charge in [0.15, 0.2) is 0 Å². The third-order valence-electron chi connectivity index (χ3n) is 6.44. The minimum Gasteiger partial charge on any atom is -0.490 e. The zero-order chi connectivity index (χ0) is 35.0. The molecule has 0 bridgehead atoms. The number of thioether (sulfide) groups is 1. The molecule has 49 heavy (non-hydrogen) atoms. The molecule has 4 aromatic carbocycles. The van der Waals surface area contributed by atoms with E-state index in [0.717, 1.165) is 45.0 Å². The molecule has 4 aromatic rings. The zero-order valence-electron chi connectivity index (χ0n) is 26.5. The second-order valence-electron chi connectivity index (χ2n) is 10.0. The number of methoxy groups -OCH3 is 1. The average Bonchev–Trinajstić information content (AvgIpc) is 3.13. The second kappa shape index (κ2) is 18.2. The topological polar surface area (TPSA) is 105 Å². The number of hydrogen-bond donors (Lipinski definition) is 0. The van der Waals surface area contributed by atoms with E-state index in [9.17, 15) is 19.2 Å². The van der Waals surface area contributed by atoms with E-state index in [1.54, 1.807) is 60.7 Å². The number of esters is 3. The van der Waals surface area contributed by atoms with Crippen molar-refractivity contribution < 1.29 is 38.1 Å². The van der Waals surface area contributed by atoms with Gasteiger partial charge in [-0.3, -0.25) is 9.59 Å². The molecule has 8 nitrogen and oxygen atoms in total. The van der Waals surface area contributed by atoms with Crippen LogP contribution in [-0.2, 0) is 23.9 Å². The van der Waals surface area contributed by atoms with Crippen molar-refractivity contribution in [2.75, 3.05) is 20.3 Å². The number of ether oxygens (including phenoxy) is 4. The van der Waals surface area contributed by atoms with Gasteiger partial charge >= 0.3 is 17.9 Å². The lowest BCUT2D eigenvalue weighted by Crippen LogP contribution is -2.14. The van der Waals surface area contributed by atoms with Crippen molar-refractivity contribution in [3.8, 4) is 35.2 Å². The van der Waals surface area contributed by atoms with Crippen molar-refractivity contribution in [2.24, 2.45) is 0 Å². The van der Waals surface area contributed by atoms with Gasteiger partial charge in [-0.05, 0) is 109 Å². The summed E-state index contributed by atoms with van der Waals surface area (Å²) in [4.78, 5) is 48.0. The fourth-order valence-corrected chi connectivity index (χ4v) is 4.59. The summed E-state index contributed by atoms with van der Waals surface area (Å²) in [5.41, 5.74) is 3.66. The van der Waals surface area contributed by atoms with E-state index in [1.807, 2.05) is 36.4 Å². The van der Waals surface area contributed by atoms with Gasteiger partial charge in [0.05, 0.1) is 13.5 Å². The van der Waals surface area contributed by atoms with Gasteiger partial charge in [0, 0.05) is 44.4 Å². The molecule has 0 aromatic heterocycles. The highest BCUT2D eigenvalue weighted by Crippen LogP contribution is 2.25. The van der Waals surface area contributed by atoms with Crippen LogP contribution in [0.4, 0.5) is 0 Å². The van der Waals surface area contributed by atoms with Crippen LogP contribution in [0.25, 0.3) is 0 Å². The van der Waals surface area contributed by atoms with E-state index in [0.29, 0.717) is 17.1 Å². The molecule has 0 unspecified atom stereocenters. The van der Waals surface area contributed by atoms with Crippen molar-refractivity contribution in [1.82, 2.24) is 0 Å². The van der Waals surface area contributed by atoms with Gasteiger partial charge in [-0.2, -0.15) is 0 Å². The van der Waals surface area contributed by atoms with Gasteiger partial charge in [0.25, 0.3) is 0 Å². The molecular weight excluding hydrogens is 640 g/mol. The maximum absolute atomic E-state index is 12.8. The lowest BCUT2D eigenvalue weighted by atomic mass is 10.1. The van der Waals surface area contributed by atoms with E-state index in [4.69, 9.17) is 14.2 Å². The third kappa shape index (κ3) is 11.8. The number of benzene rings is 4. The van der Waals surface area contributed by atoms with E-state index in [1.165, 1.54) is 7.11 Å². The molecule has 0 atom stereocenters. The Balaban J connectivity index is 1.25. The third-order valence-corrected chi connectivity index (χ3v) is 7.37. The Bertz CT molecular complexity index is 1950. The summed E-state index contributed by atoms with van der Waals surface area (Å²) in [6.07, 6.45) is 0.853. The van der Waals surface area contributed by atoms with Crippen LogP contribution < -0.4 is 9.47 Å². The largest absolute Gasteiger partial charge is 0.490 e. The summed E-state index contributed by atoms with van der Waals surface area (Å²) in [5.74, 6) is 11.5. The van der Waals surface area contributed by atoms with Crippen molar-refractivity contribution in [2.45, 2.75) is 11.3 Å². The molecule has 0 fully saturated rings. The molecule has 0 radical (unpaired) electrons. The molecular formula is C40H30O8S. The Hall–Kier alpha value is -6.29. The first-order valence-electron chi connectivity index (χ1n) is 14.8. The first-order valence-corrected chi connectivity index (χ1v) is 15.6. The Labute approximate surface area is 288 Å². The molecule has 0 saturated carbocycles. The lowest BCUT2D eigenvalue weighted by Gasteiger charge is -2.07. The summed E-state index contributed by atoms with van der Waals surface area (Å²) >= 11 is 1.11. The van der Waals surface area contributed by atoms with Gasteiger partial charge in [0.1, 0.15) is 24.7 Å². The van der Waals surface area contributed by atoms with Crippen LogP contribution >= 0.6 is 11.8 Å². The van der Waals surface area contributed by atoms with Crippen molar-refractivity contribution in [3.63, 3.8) is 0 Å². The minimum atomic E-state index is -0.704. The van der Waals surface area contributed by atoms with Crippen LogP contribution in [0.5, 0.6) is 11.5 Å². The van der Waals surface area contributed by atoms with E-state index < -0.39 is 17.9 Å². The fraction of sp³-hybridized carbons (Fsp3) is 0.100. The summed E-state index contributed by atoms with van der Waals surface area (Å²) in [7, 11) is 1.23. The highest BCUT2D eigenvalue weighted by molar-refractivity contribution is 8.14. The second-order valence-corrected chi connectivity index (χ2v) is 11.1. The van der Waals surface area contributed by atoms with Gasteiger partial charge in [-0.1, -0.05) is 36.8 Å². The SMILES string of the molecule is C=CC(=O)OCCOc1ccc(SC(=O)c2ccc(C#Cc3ccc(C#Cc4ccc(OC(=O)C(=C)CC(=O)OC)cc4)cc3)cc2)cc1. The van der Waals surface area contributed by atoms with Crippen molar-refractivity contribution in [1.29, 1.82) is 0 Å². The number of carbonyl (C=O) groups excluding carboxylic acids is 4. The summed E-state index contributed by atoms with van der Waals surface area (Å²) in [6.45, 7) is 7.22. The van der Waals surface area contributed by atoms with Crippen LogP contribution in [0.2, 0.25) is 0 Å². The van der Waals surface area contributed by atoms with E-state index in [-0.39, 0.29) is 30.3 Å². The molecule has 0 aliphatic rings. The Morgan fingerprint density at radius 2 is 1.18 bits per heavy atom.